The van der Waals surface area contributed by atoms with E-state index in [0.29, 0.717) is 13.1 Å². The topological polar surface area (TPSA) is 76.1 Å². The largest absolute Gasteiger partial charge is 0.444 e. The number of nitrogens with zero attached hydrogens (tertiary/aromatic N) is 2. The van der Waals surface area contributed by atoms with Crippen LogP contribution in [0, 0.1) is 0 Å². The lowest BCUT2D eigenvalue weighted by molar-refractivity contribution is 0.0523. The Bertz CT molecular complexity index is 362. The van der Waals surface area contributed by atoms with E-state index in [9.17, 15) is 4.79 Å². The van der Waals surface area contributed by atoms with Crippen LogP contribution in [0.25, 0.3) is 0 Å². The molecule has 1 atom stereocenters. The number of alkyl carbamates (subject to hydrolysis) is 1. The van der Waals surface area contributed by atoms with Crippen LogP contribution in [0.5, 0.6) is 0 Å². The molecule has 0 aliphatic carbocycles. The van der Waals surface area contributed by atoms with E-state index in [1.807, 2.05) is 33.1 Å². The first-order valence-electron chi connectivity index (χ1n) is 5.83. The zero-order valence-electron chi connectivity index (χ0n) is 11.2. The SMILES string of the molecule is CC(CNC(=O)OC(C)(C)C)NCc1csnn1. The third kappa shape index (κ3) is 6.51. The minimum atomic E-state index is -0.465. The fourth-order valence-electron chi connectivity index (χ4n) is 1.16. The predicted molar refractivity (Wildman–Crippen MR) is 70.4 cm³/mol. The van der Waals surface area contributed by atoms with Gasteiger partial charge in [-0.05, 0) is 39.2 Å². The van der Waals surface area contributed by atoms with Crippen LogP contribution in [0.15, 0.2) is 5.38 Å². The maximum absolute atomic E-state index is 11.4. The summed E-state index contributed by atoms with van der Waals surface area (Å²) in [6.45, 7) is 8.65. The lowest BCUT2D eigenvalue weighted by atomic mass is 10.2. The second-order valence-electron chi connectivity index (χ2n) is 5.06. The van der Waals surface area contributed by atoms with Crippen molar-refractivity contribution in [2.45, 2.75) is 45.9 Å². The van der Waals surface area contributed by atoms with Gasteiger partial charge in [-0.25, -0.2) is 4.79 Å². The molecule has 7 heteroatoms. The molecule has 0 bridgehead atoms. The number of nitrogens with one attached hydrogen (secondary N) is 2. The first-order valence-corrected chi connectivity index (χ1v) is 6.66. The van der Waals surface area contributed by atoms with Crippen LogP contribution in [-0.2, 0) is 11.3 Å². The second-order valence-corrected chi connectivity index (χ2v) is 5.67. The Morgan fingerprint density at radius 3 is 2.83 bits per heavy atom. The number of rotatable bonds is 5. The van der Waals surface area contributed by atoms with E-state index >= 15 is 0 Å². The highest BCUT2D eigenvalue weighted by Gasteiger charge is 2.16. The Hall–Kier alpha value is -1.21. The average molecular weight is 272 g/mol. The molecule has 0 saturated carbocycles. The molecule has 0 fully saturated rings. The summed E-state index contributed by atoms with van der Waals surface area (Å²) in [7, 11) is 0. The van der Waals surface area contributed by atoms with E-state index in [2.05, 4.69) is 20.2 Å². The fourth-order valence-corrected chi connectivity index (χ4v) is 1.61. The molecule has 0 aromatic carbocycles. The Morgan fingerprint density at radius 2 is 2.28 bits per heavy atom. The van der Waals surface area contributed by atoms with E-state index in [1.54, 1.807) is 0 Å². The quantitative estimate of drug-likeness (QED) is 0.850. The maximum Gasteiger partial charge on any atom is 0.407 e. The molecule has 1 rings (SSSR count). The third-order valence-electron chi connectivity index (χ3n) is 1.99. The minimum Gasteiger partial charge on any atom is -0.444 e. The smallest absolute Gasteiger partial charge is 0.407 e. The molecule has 2 N–H and O–H groups in total. The van der Waals surface area contributed by atoms with Gasteiger partial charge in [0.1, 0.15) is 5.60 Å². The van der Waals surface area contributed by atoms with Crippen LogP contribution >= 0.6 is 11.5 Å². The molecule has 0 aliphatic rings. The Morgan fingerprint density at radius 1 is 1.56 bits per heavy atom. The van der Waals surface area contributed by atoms with Crippen LogP contribution in [0.2, 0.25) is 0 Å². The summed E-state index contributed by atoms with van der Waals surface area (Å²) >= 11 is 1.33. The van der Waals surface area contributed by atoms with Crippen molar-refractivity contribution in [2.24, 2.45) is 0 Å². The van der Waals surface area contributed by atoms with Crippen molar-refractivity contribution in [3.63, 3.8) is 0 Å². The summed E-state index contributed by atoms with van der Waals surface area (Å²) in [5.41, 5.74) is 0.441. The molecule has 1 aromatic rings. The first kappa shape index (κ1) is 14.8. The number of carbonyl (C=O) groups excluding carboxylic acids is 1. The molecule has 0 radical (unpaired) electrons. The fraction of sp³-hybridized carbons (Fsp3) is 0.727. The highest BCUT2D eigenvalue weighted by molar-refractivity contribution is 7.03. The van der Waals surface area contributed by atoms with Gasteiger partial charge in [0.15, 0.2) is 0 Å². The summed E-state index contributed by atoms with van der Waals surface area (Å²) in [4.78, 5) is 11.4. The summed E-state index contributed by atoms with van der Waals surface area (Å²) < 4.78 is 8.92. The van der Waals surface area contributed by atoms with Crippen molar-refractivity contribution in [3.05, 3.63) is 11.1 Å². The van der Waals surface area contributed by atoms with E-state index in [4.69, 9.17) is 4.74 Å². The van der Waals surface area contributed by atoms with Crippen molar-refractivity contribution >= 4 is 17.6 Å². The van der Waals surface area contributed by atoms with Crippen molar-refractivity contribution in [2.75, 3.05) is 6.54 Å². The van der Waals surface area contributed by atoms with E-state index in [0.717, 1.165) is 5.69 Å². The minimum absolute atomic E-state index is 0.138. The normalized spacial score (nSPS) is 13.1. The number of carbonyl (C=O) groups is 1. The first-order chi connectivity index (χ1) is 8.37. The van der Waals surface area contributed by atoms with Crippen molar-refractivity contribution in [1.29, 1.82) is 0 Å². The average Bonchev–Trinajstić information content (AvgIpc) is 2.74. The third-order valence-corrected chi connectivity index (χ3v) is 2.54. The molecule has 0 aliphatic heterocycles. The van der Waals surface area contributed by atoms with Crippen molar-refractivity contribution in [1.82, 2.24) is 20.2 Å². The molecule has 1 heterocycles. The molecular weight excluding hydrogens is 252 g/mol. The van der Waals surface area contributed by atoms with Crippen molar-refractivity contribution < 1.29 is 9.53 Å². The predicted octanol–water partition coefficient (Wildman–Crippen LogP) is 1.54. The van der Waals surface area contributed by atoms with Gasteiger partial charge in [0.05, 0.1) is 5.69 Å². The van der Waals surface area contributed by atoms with E-state index in [1.165, 1.54) is 11.5 Å². The van der Waals surface area contributed by atoms with Gasteiger partial charge in [-0.15, -0.1) is 5.10 Å². The van der Waals surface area contributed by atoms with Gasteiger partial charge in [0.2, 0.25) is 0 Å². The highest BCUT2D eigenvalue weighted by Crippen LogP contribution is 2.06. The number of hydrogen-bond donors (Lipinski definition) is 2. The Balaban J connectivity index is 2.17. The van der Waals surface area contributed by atoms with Gasteiger partial charge in [0.25, 0.3) is 0 Å². The lowest BCUT2D eigenvalue weighted by Crippen LogP contribution is -2.41. The van der Waals surface area contributed by atoms with Crippen LogP contribution in [0.3, 0.4) is 0 Å². The van der Waals surface area contributed by atoms with Gasteiger partial charge in [-0.3, -0.25) is 0 Å². The van der Waals surface area contributed by atoms with E-state index < -0.39 is 11.7 Å². The van der Waals surface area contributed by atoms with E-state index in [-0.39, 0.29) is 6.04 Å². The van der Waals surface area contributed by atoms with Crippen LogP contribution < -0.4 is 10.6 Å². The maximum atomic E-state index is 11.4. The zero-order chi connectivity index (χ0) is 13.6. The molecule has 1 amide bonds. The number of hydrogen-bond acceptors (Lipinski definition) is 6. The van der Waals surface area contributed by atoms with Gasteiger partial charge in [-0.2, -0.15) is 0 Å². The summed E-state index contributed by atoms with van der Waals surface area (Å²) in [5.74, 6) is 0. The molecule has 0 saturated heterocycles. The molecule has 102 valence electrons. The van der Waals surface area contributed by atoms with Crippen LogP contribution in [0.4, 0.5) is 4.79 Å². The number of amides is 1. The lowest BCUT2D eigenvalue weighted by Gasteiger charge is -2.21. The molecule has 18 heavy (non-hydrogen) atoms. The molecule has 1 aromatic heterocycles. The van der Waals surface area contributed by atoms with Crippen LogP contribution in [0.1, 0.15) is 33.4 Å². The zero-order valence-corrected chi connectivity index (χ0v) is 12.0. The second kappa shape index (κ2) is 6.65. The molecule has 6 nitrogen and oxygen atoms in total. The number of aromatic nitrogens is 2. The molecular formula is C11H20N4O2S. The Kier molecular flexibility index (Phi) is 5.49. The van der Waals surface area contributed by atoms with Gasteiger partial charge >= 0.3 is 6.09 Å². The van der Waals surface area contributed by atoms with Gasteiger partial charge in [0, 0.05) is 24.5 Å². The number of ether oxygens (including phenoxy) is 1. The van der Waals surface area contributed by atoms with Gasteiger partial charge < -0.3 is 15.4 Å². The summed E-state index contributed by atoms with van der Waals surface area (Å²) in [5, 5.41) is 11.8. The highest BCUT2D eigenvalue weighted by atomic mass is 32.1. The molecule has 1 unspecified atom stereocenters. The Labute approximate surface area is 111 Å². The van der Waals surface area contributed by atoms with Gasteiger partial charge in [-0.1, -0.05) is 4.49 Å². The summed E-state index contributed by atoms with van der Waals surface area (Å²) in [6.07, 6.45) is -0.397. The van der Waals surface area contributed by atoms with Crippen LogP contribution in [-0.4, -0.2) is 33.9 Å². The molecule has 0 spiro atoms. The standard InChI is InChI=1S/C11H20N4O2S/c1-8(12-6-9-7-18-15-14-9)5-13-10(16)17-11(2,3)4/h7-8,12H,5-6H2,1-4H3,(H,13,16). The monoisotopic (exact) mass is 272 g/mol. The van der Waals surface area contributed by atoms with Crippen molar-refractivity contribution in [3.8, 4) is 0 Å². The summed E-state index contributed by atoms with van der Waals surface area (Å²) in [6, 6.07) is 0.138.